The fourth-order valence-corrected chi connectivity index (χ4v) is 5.02. The fourth-order valence-electron chi connectivity index (χ4n) is 4.27. The predicted molar refractivity (Wildman–Crippen MR) is 135 cm³/mol. The molecule has 0 saturated heterocycles. The third-order valence-electron chi connectivity index (χ3n) is 6.23. The summed E-state index contributed by atoms with van der Waals surface area (Å²) in [6.07, 6.45) is 1.55. The molecular formula is C26H35N3O3Si. The number of rotatable bonds is 7. The molecule has 1 aliphatic heterocycles. The lowest BCUT2D eigenvalue weighted by Crippen LogP contribution is -2.25. The van der Waals surface area contributed by atoms with Crippen LogP contribution in [0.3, 0.4) is 0 Å². The Labute approximate surface area is 197 Å². The van der Waals surface area contributed by atoms with E-state index in [0.29, 0.717) is 12.3 Å². The standard InChI is InChI=1S/C26H35N3O3Si/c1-18-27-24-22(29(18)17-31-14-15-33(4,5)6)16-21(26(30)28(2)3)20-12-13-23(32-25(20)24)19-10-8-7-9-11-19/h7-11,16,23H,12-15,17H2,1-6H3/t23-/m0/s1. The topological polar surface area (TPSA) is 56.6 Å². The summed E-state index contributed by atoms with van der Waals surface area (Å²) in [5, 5.41) is 0. The molecule has 1 aromatic heterocycles. The van der Waals surface area contributed by atoms with Gasteiger partial charge in [0.1, 0.15) is 24.2 Å². The van der Waals surface area contributed by atoms with Gasteiger partial charge in [0, 0.05) is 39.9 Å². The zero-order chi connectivity index (χ0) is 23.8. The molecule has 176 valence electrons. The number of aromatic nitrogens is 2. The van der Waals surface area contributed by atoms with Gasteiger partial charge in [0.05, 0.1) is 5.52 Å². The van der Waals surface area contributed by atoms with Gasteiger partial charge >= 0.3 is 0 Å². The zero-order valence-electron chi connectivity index (χ0n) is 20.6. The van der Waals surface area contributed by atoms with Crippen LogP contribution in [-0.4, -0.2) is 49.1 Å². The van der Waals surface area contributed by atoms with E-state index in [1.165, 1.54) is 0 Å². The number of ether oxygens (including phenoxy) is 2. The van der Waals surface area contributed by atoms with Gasteiger partial charge in [-0.2, -0.15) is 0 Å². The van der Waals surface area contributed by atoms with Crippen LogP contribution in [0.25, 0.3) is 11.0 Å². The molecule has 0 bridgehead atoms. The van der Waals surface area contributed by atoms with E-state index in [0.717, 1.165) is 59.2 Å². The molecule has 0 unspecified atom stereocenters. The number of aryl methyl sites for hydroxylation is 1. The number of carbonyl (C=O) groups is 1. The number of carbonyl (C=O) groups excluding carboxylic acids is 1. The van der Waals surface area contributed by atoms with E-state index in [2.05, 4.69) is 36.3 Å². The summed E-state index contributed by atoms with van der Waals surface area (Å²) in [7, 11) is 2.42. The second-order valence-electron chi connectivity index (χ2n) is 10.3. The third-order valence-corrected chi connectivity index (χ3v) is 7.94. The Balaban J connectivity index is 1.75. The van der Waals surface area contributed by atoms with E-state index < -0.39 is 8.07 Å². The Kier molecular flexibility index (Phi) is 6.63. The molecule has 0 aliphatic carbocycles. The Morgan fingerprint density at radius 1 is 1.24 bits per heavy atom. The largest absolute Gasteiger partial charge is 0.483 e. The van der Waals surface area contributed by atoms with E-state index in [-0.39, 0.29) is 12.0 Å². The number of nitrogens with zero attached hydrogens (tertiary/aromatic N) is 3. The number of amides is 1. The highest BCUT2D eigenvalue weighted by Gasteiger charge is 2.30. The minimum absolute atomic E-state index is 0.0139. The van der Waals surface area contributed by atoms with Crippen LogP contribution >= 0.6 is 0 Å². The van der Waals surface area contributed by atoms with Crippen LogP contribution in [0.2, 0.25) is 25.7 Å². The minimum atomic E-state index is -1.16. The van der Waals surface area contributed by atoms with Crippen molar-refractivity contribution in [1.82, 2.24) is 14.5 Å². The van der Waals surface area contributed by atoms with Crippen molar-refractivity contribution in [3.05, 3.63) is 58.9 Å². The van der Waals surface area contributed by atoms with E-state index in [4.69, 9.17) is 14.5 Å². The maximum Gasteiger partial charge on any atom is 0.253 e. The molecule has 2 aromatic carbocycles. The van der Waals surface area contributed by atoms with Gasteiger partial charge in [-0.05, 0) is 37.4 Å². The molecular weight excluding hydrogens is 430 g/mol. The molecule has 0 saturated carbocycles. The Morgan fingerprint density at radius 3 is 2.64 bits per heavy atom. The summed E-state index contributed by atoms with van der Waals surface area (Å²) in [5.74, 6) is 1.59. The third kappa shape index (κ3) is 4.99. The van der Waals surface area contributed by atoms with Crippen molar-refractivity contribution >= 4 is 25.0 Å². The van der Waals surface area contributed by atoms with Crippen molar-refractivity contribution in [1.29, 1.82) is 0 Å². The zero-order valence-corrected chi connectivity index (χ0v) is 21.6. The van der Waals surface area contributed by atoms with Gasteiger partial charge in [-0.3, -0.25) is 4.79 Å². The van der Waals surface area contributed by atoms with Crippen LogP contribution in [0.4, 0.5) is 0 Å². The van der Waals surface area contributed by atoms with Crippen LogP contribution in [0, 0.1) is 6.92 Å². The Hall–Kier alpha value is -2.64. The molecule has 0 fully saturated rings. The summed E-state index contributed by atoms with van der Waals surface area (Å²) in [6.45, 7) is 10.2. The Bertz CT molecular complexity index is 1150. The van der Waals surface area contributed by atoms with Crippen LogP contribution in [-0.2, 0) is 17.9 Å². The first kappa shape index (κ1) is 23.5. The number of imidazole rings is 1. The molecule has 0 N–H and O–H groups in total. The number of hydrogen-bond donors (Lipinski definition) is 0. The van der Waals surface area contributed by atoms with E-state index in [9.17, 15) is 4.79 Å². The fraction of sp³-hybridized carbons (Fsp3) is 0.462. The molecule has 33 heavy (non-hydrogen) atoms. The van der Waals surface area contributed by atoms with Gasteiger partial charge in [-0.15, -0.1) is 0 Å². The van der Waals surface area contributed by atoms with Crippen LogP contribution in [0.1, 0.15) is 39.8 Å². The predicted octanol–water partition coefficient (Wildman–Crippen LogP) is 5.43. The average Bonchev–Trinajstić information content (AvgIpc) is 3.10. The smallest absolute Gasteiger partial charge is 0.253 e. The summed E-state index contributed by atoms with van der Waals surface area (Å²) in [5.41, 5.74) is 4.49. The van der Waals surface area contributed by atoms with Crippen LogP contribution in [0.15, 0.2) is 36.4 Å². The molecule has 0 radical (unpaired) electrons. The normalized spacial score (nSPS) is 15.9. The lowest BCUT2D eigenvalue weighted by molar-refractivity contribution is 0.0822. The van der Waals surface area contributed by atoms with Crippen molar-refractivity contribution in [3.8, 4) is 5.75 Å². The quantitative estimate of drug-likeness (QED) is 0.345. The second-order valence-corrected chi connectivity index (χ2v) is 15.9. The molecule has 2 heterocycles. The van der Waals surface area contributed by atoms with Gasteiger partial charge < -0.3 is 18.9 Å². The van der Waals surface area contributed by atoms with Crippen molar-refractivity contribution in [2.75, 3.05) is 20.7 Å². The van der Waals surface area contributed by atoms with Gasteiger partial charge in [0.15, 0.2) is 5.75 Å². The molecule has 1 amide bonds. The summed E-state index contributed by atoms with van der Waals surface area (Å²) >= 11 is 0. The maximum absolute atomic E-state index is 13.1. The summed E-state index contributed by atoms with van der Waals surface area (Å²) < 4.78 is 14.7. The highest BCUT2D eigenvalue weighted by atomic mass is 28.3. The molecule has 1 aliphatic rings. The first-order valence-corrected chi connectivity index (χ1v) is 15.4. The lowest BCUT2D eigenvalue weighted by Gasteiger charge is -2.28. The summed E-state index contributed by atoms with van der Waals surface area (Å²) in [4.78, 5) is 19.6. The molecule has 6 nitrogen and oxygen atoms in total. The first-order chi connectivity index (χ1) is 15.7. The van der Waals surface area contributed by atoms with Crippen LogP contribution in [0.5, 0.6) is 5.75 Å². The van der Waals surface area contributed by atoms with E-state index in [1.807, 2.05) is 31.2 Å². The second kappa shape index (κ2) is 9.31. The highest BCUT2D eigenvalue weighted by molar-refractivity contribution is 6.76. The van der Waals surface area contributed by atoms with Crippen LogP contribution < -0.4 is 4.74 Å². The van der Waals surface area contributed by atoms with Crippen molar-refractivity contribution in [3.63, 3.8) is 0 Å². The molecule has 1 atom stereocenters. The molecule has 0 spiro atoms. The Morgan fingerprint density at radius 2 is 1.97 bits per heavy atom. The number of hydrogen-bond acceptors (Lipinski definition) is 4. The average molecular weight is 466 g/mol. The van der Waals surface area contributed by atoms with Crippen molar-refractivity contribution in [2.45, 2.75) is 58.3 Å². The lowest BCUT2D eigenvalue weighted by atomic mass is 9.93. The van der Waals surface area contributed by atoms with Crippen molar-refractivity contribution in [2.24, 2.45) is 0 Å². The monoisotopic (exact) mass is 465 g/mol. The number of fused-ring (bicyclic) bond motifs is 3. The van der Waals surface area contributed by atoms with Gasteiger partial charge in [-0.25, -0.2) is 4.98 Å². The van der Waals surface area contributed by atoms with Gasteiger partial charge in [0.2, 0.25) is 0 Å². The minimum Gasteiger partial charge on any atom is -0.483 e. The van der Waals surface area contributed by atoms with Crippen molar-refractivity contribution < 1.29 is 14.3 Å². The van der Waals surface area contributed by atoms with E-state index in [1.54, 1.807) is 19.0 Å². The SMILES string of the molecule is Cc1nc2c3c(c(C(=O)N(C)C)cc2n1COCC[Si](C)(C)C)CC[C@@H](c1ccccc1)O3. The molecule has 7 heteroatoms. The van der Waals surface area contributed by atoms with E-state index >= 15 is 0 Å². The maximum atomic E-state index is 13.1. The first-order valence-electron chi connectivity index (χ1n) is 11.7. The molecule has 4 rings (SSSR count). The number of benzene rings is 2. The molecule has 3 aromatic rings. The van der Waals surface area contributed by atoms with Gasteiger partial charge in [0.25, 0.3) is 5.91 Å². The highest BCUT2D eigenvalue weighted by Crippen LogP contribution is 2.42. The summed E-state index contributed by atoms with van der Waals surface area (Å²) in [6, 6.07) is 13.4. The van der Waals surface area contributed by atoms with Gasteiger partial charge in [-0.1, -0.05) is 50.0 Å².